The van der Waals surface area contributed by atoms with Gasteiger partial charge >= 0.3 is 0 Å². The van der Waals surface area contributed by atoms with Gasteiger partial charge in [-0.15, -0.1) is 0 Å². The van der Waals surface area contributed by atoms with Crippen LogP contribution in [0, 0.1) is 6.92 Å². The highest BCUT2D eigenvalue weighted by molar-refractivity contribution is 5.82. The van der Waals surface area contributed by atoms with Gasteiger partial charge in [0.2, 0.25) is 5.91 Å². The van der Waals surface area contributed by atoms with E-state index in [0.29, 0.717) is 5.92 Å². The van der Waals surface area contributed by atoms with E-state index in [0.717, 1.165) is 13.0 Å². The summed E-state index contributed by atoms with van der Waals surface area (Å²) < 4.78 is 4.98. The Morgan fingerprint density at radius 2 is 2.20 bits per heavy atom. The van der Waals surface area contributed by atoms with Gasteiger partial charge in [-0.2, -0.15) is 0 Å². The van der Waals surface area contributed by atoms with Crippen molar-refractivity contribution in [2.75, 3.05) is 20.3 Å². The van der Waals surface area contributed by atoms with Crippen molar-refractivity contribution in [1.29, 1.82) is 0 Å². The average Bonchev–Trinajstić information content (AvgIpc) is 2.80. The van der Waals surface area contributed by atoms with Crippen LogP contribution in [0.5, 0.6) is 0 Å². The molecule has 0 spiro atoms. The molecule has 110 valence electrons. The number of nitrogens with zero attached hydrogens (tertiary/aromatic N) is 1. The van der Waals surface area contributed by atoms with Crippen LogP contribution >= 0.6 is 0 Å². The number of carbonyl (C=O) groups is 1. The zero-order valence-corrected chi connectivity index (χ0v) is 12.5. The van der Waals surface area contributed by atoms with Crippen molar-refractivity contribution in [2.24, 2.45) is 5.73 Å². The van der Waals surface area contributed by atoms with Crippen molar-refractivity contribution >= 4 is 5.91 Å². The summed E-state index contributed by atoms with van der Waals surface area (Å²) in [5.41, 5.74) is 8.50. The van der Waals surface area contributed by atoms with Crippen LogP contribution < -0.4 is 5.73 Å². The number of hydrogen-bond acceptors (Lipinski definition) is 3. The Kier molecular flexibility index (Phi) is 4.78. The van der Waals surface area contributed by atoms with Crippen molar-refractivity contribution in [3.05, 3.63) is 35.4 Å². The van der Waals surface area contributed by atoms with Gasteiger partial charge in [-0.25, -0.2) is 0 Å². The Labute approximate surface area is 120 Å². The second-order valence-electron chi connectivity index (χ2n) is 5.69. The van der Waals surface area contributed by atoms with Gasteiger partial charge in [-0.1, -0.05) is 24.3 Å². The standard InChI is InChI=1S/C16H24N2O2/c1-11-6-4-5-7-14(11)13-8-12(2)18(9-13)16(19)15(17)10-20-3/h4-7,12-13,15H,8-10,17H2,1-3H3. The van der Waals surface area contributed by atoms with Crippen LogP contribution in [0.3, 0.4) is 0 Å². The number of benzene rings is 1. The Hall–Kier alpha value is -1.39. The third kappa shape index (κ3) is 3.02. The molecular weight excluding hydrogens is 252 g/mol. The van der Waals surface area contributed by atoms with Gasteiger partial charge < -0.3 is 15.4 Å². The monoisotopic (exact) mass is 276 g/mol. The third-order valence-electron chi connectivity index (χ3n) is 4.15. The summed E-state index contributed by atoms with van der Waals surface area (Å²) in [5, 5.41) is 0. The molecule has 4 nitrogen and oxygen atoms in total. The quantitative estimate of drug-likeness (QED) is 0.910. The Bertz CT molecular complexity index is 475. The van der Waals surface area contributed by atoms with Crippen LogP contribution in [0.25, 0.3) is 0 Å². The van der Waals surface area contributed by atoms with E-state index in [2.05, 4.69) is 38.1 Å². The van der Waals surface area contributed by atoms with E-state index in [4.69, 9.17) is 10.5 Å². The first-order valence-electron chi connectivity index (χ1n) is 7.15. The number of aryl methyl sites for hydroxylation is 1. The first-order chi connectivity index (χ1) is 9.54. The fraction of sp³-hybridized carbons (Fsp3) is 0.562. The van der Waals surface area contributed by atoms with Gasteiger partial charge in [0.15, 0.2) is 0 Å². The van der Waals surface area contributed by atoms with E-state index >= 15 is 0 Å². The number of ether oxygens (including phenoxy) is 1. The fourth-order valence-corrected chi connectivity index (χ4v) is 3.07. The van der Waals surface area contributed by atoms with Gasteiger partial charge in [0.1, 0.15) is 6.04 Å². The minimum absolute atomic E-state index is 0.00423. The molecule has 1 heterocycles. The smallest absolute Gasteiger partial charge is 0.242 e. The molecule has 1 aliphatic rings. The Balaban J connectivity index is 2.09. The van der Waals surface area contributed by atoms with Crippen molar-refractivity contribution < 1.29 is 9.53 Å². The summed E-state index contributed by atoms with van der Waals surface area (Å²) in [5.74, 6) is 0.403. The molecule has 1 saturated heterocycles. The number of carbonyl (C=O) groups excluding carboxylic acids is 1. The molecule has 0 radical (unpaired) electrons. The van der Waals surface area contributed by atoms with Gasteiger partial charge in [0, 0.05) is 25.6 Å². The molecule has 1 aromatic rings. The normalized spacial score (nSPS) is 23.9. The predicted octanol–water partition coefficient (Wildman–Crippen LogP) is 1.67. The molecule has 1 fully saturated rings. The number of likely N-dealkylation sites (tertiary alicyclic amines) is 1. The lowest BCUT2D eigenvalue weighted by molar-refractivity contribution is -0.134. The highest BCUT2D eigenvalue weighted by Gasteiger charge is 2.35. The van der Waals surface area contributed by atoms with E-state index < -0.39 is 6.04 Å². The summed E-state index contributed by atoms with van der Waals surface area (Å²) in [6, 6.07) is 8.08. The highest BCUT2D eigenvalue weighted by atomic mass is 16.5. The van der Waals surface area contributed by atoms with E-state index in [1.165, 1.54) is 11.1 Å². The first-order valence-corrected chi connectivity index (χ1v) is 7.15. The SMILES string of the molecule is COCC(N)C(=O)N1CC(c2ccccc2C)CC1C. The van der Waals surface area contributed by atoms with Crippen molar-refractivity contribution in [2.45, 2.75) is 38.3 Å². The number of hydrogen-bond donors (Lipinski definition) is 1. The minimum atomic E-state index is -0.557. The van der Waals surface area contributed by atoms with Gasteiger partial charge in [0.25, 0.3) is 0 Å². The second-order valence-corrected chi connectivity index (χ2v) is 5.69. The molecule has 3 atom stereocenters. The lowest BCUT2D eigenvalue weighted by atomic mass is 9.93. The molecule has 2 rings (SSSR count). The number of methoxy groups -OCH3 is 1. The van der Waals surface area contributed by atoms with Crippen LogP contribution in [0.1, 0.15) is 30.4 Å². The maximum atomic E-state index is 12.3. The number of nitrogens with two attached hydrogens (primary N) is 1. The van der Waals surface area contributed by atoms with E-state index in [1.54, 1.807) is 7.11 Å². The van der Waals surface area contributed by atoms with Crippen molar-refractivity contribution in [3.8, 4) is 0 Å². The van der Waals surface area contributed by atoms with Gasteiger partial charge in [0.05, 0.1) is 6.61 Å². The maximum absolute atomic E-state index is 12.3. The highest BCUT2D eigenvalue weighted by Crippen LogP contribution is 2.33. The predicted molar refractivity (Wildman–Crippen MR) is 79.6 cm³/mol. The molecule has 1 aliphatic heterocycles. The third-order valence-corrected chi connectivity index (χ3v) is 4.15. The molecule has 4 heteroatoms. The Morgan fingerprint density at radius 3 is 2.85 bits per heavy atom. The van der Waals surface area contributed by atoms with E-state index in [9.17, 15) is 4.79 Å². The number of amides is 1. The van der Waals surface area contributed by atoms with E-state index in [1.807, 2.05) is 4.90 Å². The van der Waals surface area contributed by atoms with Crippen LogP contribution in [0.4, 0.5) is 0 Å². The van der Waals surface area contributed by atoms with Gasteiger partial charge in [-0.05, 0) is 31.4 Å². The minimum Gasteiger partial charge on any atom is -0.383 e. The summed E-state index contributed by atoms with van der Waals surface area (Å²) in [4.78, 5) is 14.2. The topological polar surface area (TPSA) is 55.6 Å². The summed E-state index contributed by atoms with van der Waals surface area (Å²) in [7, 11) is 1.57. The van der Waals surface area contributed by atoms with E-state index in [-0.39, 0.29) is 18.6 Å². The van der Waals surface area contributed by atoms with Crippen LogP contribution in [0.2, 0.25) is 0 Å². The molecule has 20 heavy (non-hydrogen) atoms. The molecule has 0 saturated carbocycles. The lowest BCUT2D eigenvalue weighted by Crippen LogP contribution is -2.47. The zero-order valence-electron chi connectivity index (χ0n) is 12.5. The Morgan fingerprint density at radius 1 is 1.50 bits per heavy atom. The van der Waals surface area contributed by atoms with Crippen LogP contribution in [-0.2, 0) is 9.53 Å². The molecule has 1 aromatic carbocycles. The largest absolute Gasteiger partial charge is 0.383 e. The first kappa shape index (κ1) is 15.0. The average molecular weight is 276 g/mol. The van der Waals surface area contributed by atoms with Crippen LogP contribution in [0.15, 0.2) is 24.3 Å². The lowest BCUT2D eigenvalue weighted by Gasteiger charge is -2.24. The maximum Gasteiger partial charge on any atom is 0.242 e. The molecule has 0 aromatic heterocycles. The second kappa shape index (κ2) is 6.37. The molecular formula is C16H24N2O2. The molecule has 1 amide bonds. The summed E-state index contributed by atoms with van der Waals surface area (Å²) in [6.45, 7) is 5.25. The number of rotatable bonds is 4. The molecule has 3 unspecified atom stereocenters. The van der Waals surface area contributed by atoms with Gasteiger partial charge in [-0.3, -0.25) is 4.79 Å². The van der Waals surface area contributed by atoms with Crippen molar-refractivity contribution in [3.63, 3.8) is 0 Å². The van der Waals surface area contributed by atoms with Crippen LogP contribution in [-0.4, -0.2) is 43.2 Å². The molecule has 0 aliphatic carbocycles. The van der Waals surface area contributed by atoms with Crippen molar-refractivity contribution in [1.82, 2.24) is 4.90 Å². The summed E-state index contributed by atoms with van der Waals surface area (Å²) >= 11 is 0. The molecule has 2 N–H and O–H groups in total. The molecule has 0 bridgehead atoms. The fourth-order valence-electron chi connectivity index (χ4n) is 3.07. The zero-order chi connectivity index (χ0) is 14.7. The summed E-state index contributed by atoms with van der Waals surface area (Å²) in [6.07, 6.45) is 0.996.